The van der Waals surface area contributed by atoms with E-state index < -0.39 is 0 Å². The highest BCUT2D eigenvalue weighted by molar-refractivity contribution is 5.75. The minimum absolute atomic E-state index is 0.0794. The van der Waals surface area contributed by atoms with E-state index in [1.807, 2.05) is 12.1 Å². The fourth-order valence-electron chi connectivity index (χ4n) is 2.80. The zero-order valence-corrected chi connectivity index (χ0v) is 14.6. The van der Waals surface area contributed by atoms with E-state index in [4.69, 9.17) is 4.74 Å². The lowest BCUT2D eigenvalue weighted by Gasteiger charge is -2.30. The third-order valence-corrected chi connectivity index (χ3v) is 4.47. The van der Waals surface area contributed by atoms with Crippen LogP contribution in [0.25, 0.3) is 0 Å². The first kappa shape index (κ1) is 17.5. The molecule has 0 aromatic heterocycles. The molecule has 0 aliphatic carbocycles. The van der Waals surface area contributed by atoms with Gasteiger partial charge in [-0.25, -0.2) is 0 Å². The predicted octanol–water partition coefficient (Wildman–Crippen LogP) is 3.29. The average Bonchev–Trinajstić information content (AvgIpc) is 2.52. The van der Waals surface area contributed by atoms with Crippen molar-refractivity contribution >= 4 is 11.9 Å². The highest BCUT2D eigenvalue weighted by Crippen LogP contribution is 2.23. The molecular formula is C19H27NO3. The third-order valence-electron chi connectivity index (χ3n) is 4.47. The number of benzene rings is 1. The molecule has 1 aliphatic rings. The molecule has 0 N–H and O–H groups in total. The Morgan fingerprint density at radius 3 is 2.17 bits per heavy atom. The Kier molecular flexibility index (Phi) is 5.45. The summed E-state index contributed by atoms with van der Waals surface area (Å²) in [6, 6.07) is 8.22. The summed E-state index contributed by atoms with van der Waals surface area (Å²) < 4.78 is 5.45. The van der Waals surface area contributed by atoms with Crippen molar-refractivity contribution in [2.75, 3.05) is 13.1 Å². The van der Waals surface area contributed by atoms with Crippen LogP contribution in [0.2, 0.25) is 0 Å². The predicted molar refractivity (Wildman–Crippen MR) is 89.9 cm³/mol. The van der Waals surface area contributed by atoms with Crippen LogP contribution in [0.15, 0.2) is 24.3 Å². The van der Waals surface area contributed by atoms with Crippen molar-refractivity contribution in [3.8, 4) is 0 Å². The van der Waals surface area contributed by atoms with Crippen molar-refractivity contribution in [3.63, 3.8) is 0 Å². The number of nitrogens with zero attached hydrogens (tertiary/aromatic N) is 1. The molecule has 0 bridgehead atoms. The van der Waals surface area contributed by atoms with Gasteiger partial charge in [0.2, 0.25) is 5.91 Å². The fourth-order valence-corrected chi connectivity index (χ4v) is 2.80. The van der Waals surface area contributed by atoms with Crippen molar-refractivity contribution < 1.29 is 14.3 Å². The van der Waals surface area contributed by atoms with E-state index in [0.29, 0.717) is 32.5 Å². The number of hydrogen-bond donors (Lipinski definition) is 0. The van der Waals surface area contributed by atoms with E-state index in [0.717, 1.165) is 5.56 Å². The molecule has 1 aliphatic heterocycles. The molecule has 0 spiro atoms. The van der Waals surface area contributed by atoms with Gasteiger partial charge in [-0.05, 0) is 29.4 Å². The molecule has 0 atom stereocenters. The van der Waals surface area contributed by atoms with Crippen LogP contribution >= 0.6 is 0 Å². The minimum atomic E-state index is -0.145. The summed E-state index contributed by atoms with van der Waals surface area (Å²) >= 11 is 0. The maximum absolute atomic E-state index is 12.1. The van der Waals surface area contributed by atoms with Crippen LogP contribution in [-0.4, -0.2) is 29.9 Å². The molecule has 23 heavy (non-hydrogen) atoms. The van der Waals surface area contributed by atoms with Gasteiger partial charge in [0.1, 0.15) is 6.61 Å². The van der Waals surface area contributed by atoms with Gasteiger partial charge in [-0.2, -0.15) is 0 Å². The van der Waals surface area contributed by atoms with Crippen molar-refractivity contribution in [1.82, 2.24) is 4.90 Å². The summed E-state index contributed by atoms with van der Waals surface area (Å²) in [4.78, 5) is 25.2. The second kappa shape index (κ2) is 7.16. The van der Waals surface area contributed by atoms with Gasteiger partial charge in [0.25, 0.3) is 0 Å². The number of piperidine rings is 1. The quantitative estimate of drug-likeness (QED) is 0.804. The van der Waals surface area contributed by atoms with Gasteiger partial charge < -0.3 is 9.64 Å². The number of amides is 1. The number of rotatable bonds is 3. The van der Waals surface area contributed by atoms with E-state index >= 15 is 0 Å². The Labute approximate surface area is 138 Å². The third kappa shape index (κ3) is 4.81. The molecular weight excluding hydrogens is 290 g/mol. The number of carbonyl (C=O) groups is 2. The second-order valence-corrected chi connectivity index (χ2v) is 7.33. The zero-order chi connectivity index (χ0) is 17.0. The summed E-state index contributed by atoms with van der Waals surface area (Å²) in [5.41, 5.74) is 2.40. The fraction of sp³-hybridized carbons (Fsp3) is 0.579. The Balaban J connectivity index is 1.82. The number of carbonyl (C=O) groups excluding carboxylic acids is 2. The molecule has 1 saturated heterocycles. The van der Waals surface area contributed by atoms with Gasteiger partial charge in [0, 0.05) is 20.0 Å². The maximum atomic E-state index is 12.1. The van der Waals surface area contributed by atoms with Crippen molar-refractivity contribution in [2.45, 2.75) is 52.6 Å². The molecule has 1 fully saturated rings. The number of hydrogen-bond acceptors (Lipinski definition) is 3. The summed E-state index contributed by atoms with van der Waals surface area (Å²) in [6.45, 7) is 9.71. The van der Waals surface area contributed by atoms with Gasteiger partial charge in [-0.15, -0.1) is 0 Å². The molecule has 0 radical (unpaired) electrons. The van der Waals surface area contributed by atoms with E-state index in [1.165, 1.54) is 5.56 Å². The van der Waals surface area contributed by atoms with Gasteiger partial charge in [0.15, 0.2) is 0 Å². The largest absolute Gasteiger partial charge is 0.461 e. The van der Waals surface area contributed by atoms with E-state index in [1.54, 1.807) is 11.8 Å². The smallest absolute Gasteiger partial charge is 0.309 e. The number of ether oxygens (including phenoxy) is 1. The van der Waals surface area contributed by atoms with Gasteiger partial charge in [-0.1, -0.05) is 45.0 Å². The van der Waals surface area contributed by atoms with Crippen LogP contribution in [0.5, 0.6) is 0 Å². The maximum Gasteiger partial charge on any atom is 0.309 e. The van der Waals surface area contributed by atoms with Crippen LogP contribution in [0.3, 0.4) is 0 Å². The summed E-state index contributed by atoms with van der Waals surface area (Å²) in [7, 11) is 0. The lowest BCUT2D eigenvalue weighted by Crippen LogP contribution is -2.39. The van der Waals surface area contributed by atoms with E-state index in [-0.39, 0.29) is 23.2 Å². The average molecular weight is 317 g/mol. The SMILES string of the molecule is CC(=O)N1CCC(C(=O)OCc2ccc(C(C)(C)C)cc2)CC1. The molecule has 126 valence electrons. The first-order valence-electron chi connectivity index (χ1n) is 8.29. The van der Waals surface area contributed by atoms with Gasteiger partial charge >= 0.3 is 5.97 Å². The lowest BCUT2D eigenvalue weighted by molar-refractivity contribution is -0.152. The Hall–Kier alpha value is -1.84. The molecule has 2 rings (SSSR count). The molecule has 1 heterocycles. The van der Waals surface area contributed by atoms with Crippen LogP contribution in [0.1, 0.15) is 51.7 Å². The Morgan fingerprint density at radius 1 is 1.13 bits per heavy atom. The van der Waals surface area contributed by atoms with E-state index in [9.17, 15) is 9.59 Å². The van der Waals surface area contributed by atoms with Crippen molar-refractivity contribution in [1.29, 1.82) is 0 Å². The Bertz CT molecular complexity index is 549. The molecule has 1 aromatic carbocycles. The first-order chi connectivity index (χ1) is 10.8. The zero-order valence-electron chi connectivity index (χ0n) is 14.6. The standard InChI is InChI=1S/C19H27NO3/c1-14(21)20-11-9-16(10-12-20)18(22)23-13-15-5-7-17(8-6-15)19(2,3)4/h5-8,16H,9-13H2,1-4H3. The van der Waals surface area contributed by atoms with Crippen LogP contribution in [0, 0.1) is 5.92 Å². The topological polar surface area (TPSA) is 46.6 Å². The normalized spacial score (nSPS) is 16.3. The molecule has 4 nitrogen and oxygen atoms in total. The number of esters is 1. The highest BCUT2D eigenvalue weighted by Gasteiger charge is 2.27. The van der Waals surface area contributed by atoms with Crippen LogP contribution in [-0.2, 0) is 26.3 Å². The summed E-state index contributed by atoms with van der Waals surface area (Å²) in [6.07, 6.45) is 1.39. The molecule has 1 amide bonds. The summed E-state index contributed by atoms with van der Waals surface area (Å²) in [5, 5.41) is 0. The molecule has 1 aromatic rings. The Morgan fingerprint density at radius 2 is 1.70 bits per heavy atom. The van der Waals surface area contributed by atoms with Gasteiger partial charge in [0.05, 0.1) is 5.92 Å². The first-order valence-corrected chi connectivity index (χ1v) is 8.29. The molecule has 0 unspecified atom stereocenters. The summed E-state index contributed by atoms with van der Waals surface area (Å²) in [5.74, 6) is -0.150. The minimum Gasteiger partial charge on any atom is -0.461 e. The highest BCUT2D eigenvalue weighted by atomic mass is 16.5. The second-order valence-electron chi connectivity index (χ2n) is 7.33. The monoisotopic (exact) mass is 317 g/mol. The van der Waals surface area contributed by atoms with E-state index in [2.05, 4.69) is 32.9 Å². The van der Waals surface area contributed by atoms with Gasteiger partial charge in [-0.3, -0.25) is 9.59 Å². The van der Waals surface area contributed by atoms with Crippen molar-refractivity contribution in [3.05, 3.63) is 35.4 Å². The molecule has 4 heteroatoms. The number of likely N-dealkylation sites (tertiary alicyclic amines) is 1. The van der Waals surface area contributed by atoms with Crippen LogP contribution in [0.4, 0.5) is 0 Å². The van der Waals surface area contributed by atoms with Crippen LogP contribution < -0.4 is 0 Å². The molecule has 0 saturated carbocycles. The lowest BCUT2D eigenvalue weighted by atomic mass is 9.87. The van der Waals surface area contributed by atoms with Crippen molar-refractivity contribution in [2.24, 2.45) is 5.92 Å².